The Balaban J connectivity index is 0.00000132. The van der Waals surface area contributed by atoms with E-state index in [9.17, 15) is 0 Å². The largest absolute Gasteiger partial charge is 1.00 e. The highest BCUT2D eigenvalue weighted by Crippen LogP contribution is 2.50. The Morgan fingerprint density at radius 3 is 2.43 bits per heavy atom. The number of nitrogens with zero attached hydrogens (tertiary/aromatic N) is 1. The number of quaternary nitrogens is 1. The third-order valence-corrected chi connectivity index (χ3v) is 5.75. The zero-order valence-corrected chi connectivity index (χ0v) is 14.3. The molecule has 1 aromatic carbocycles. The zero-order valence-electron chi connectivity index (χ0n) is 12.7. The van der Waals surface area contributed by atoms with E-state index in [-0.39, 0.29) is 28.9 Å². The Kier molecular flexibility index (Phi) is 4.17. The van der Waals surface area contributed by atoms with Gasteiger partial charge in [-0.3, -0.25) is 0 Å². The van der Waals surface area contributed by atoms with E-state index in [2.05, 4.69) is 24.3 Å². The van der Waals surface area contributed by atoms with Gasteiger partial charge in [-0.15, -0.1) is 0 Å². The average molecular weight is 354 g/mol. The maximum absolute atomic E-state index is 6.38. The van der Waals surface area contributed by atoms with Crippen molar-refractivity contribution in [2.45, 2.75) is 37.6 Å². The Bertz CT molecular complexity index is 503. The minimum absolute atomic E-state index is 0. The lowest BCUT2D eigenvalue weighted by molar-refractivity contribution is -0.924. The van der Waals surface area contributed by atoms with Crippen LogP contribution < -0.4 is 17.0 Å². The molecule has 2 fully saturated rings. The van der Waals surface area contributed by atoms with Crippen LogP contribution in [0.1, 0.15) is 43.1 Å². The van der Waals surface area contributed by atoms with Crippen molar-refractivity contribution in [2.24, 2.45) is 0 Å². The fraction of sp³-hybridized carbons (Fsp3) is 0.647. The van der Waals surface area contributed by atoms with E-state index in [0.29, 0.717) is 0 Å². The van der Waals surface area contributed by atoms with Crippen LogP contribution in [0.3, 0.4) is 0 Å². The van der Waals surface area contributed by atoms with Gasteiger partial charge in [-0.25, -0.2) is 0 Å². The molecule has 3 aliphatic rings. The lowest BCUT2D eigenvalue weighted by atomic mass is 9.83. The summed E-state index contributed by atoms with van der Waals surface area (Å²) in [6.45, 7) is 5.30. The van der Waals surface area contributed by atoms with E-state index in [1.54, 1.807) is 7.11 Å². The van der Waals surface area contributed by atoms with Crippen LogP contribution in [0.4, 0.5) is 0 Å². The van der Waals surface area contributed by atoms with E-state index in [1.807, 2.05) is 0 Å². The molecule has 0 N–H and O–H groups in total. The quantitative estimate of drug-likeness (QED) is 0.660. The number of piperidine rings is 1. The van der Waals surface area contributed by atoms with Crippen LogP contribution >= 0.6 is 0 Å². The average Bonchev–Trinajstić information content (AvgIpc) is 3.07. The molecule has 0 saturated carbocycles. The third kappa shape index (κ3) is 2.37. The second-order valence-corrected chi connectivity index (χ2v) is 6.71. The van der Waals surface area contributed by atoms with Crippen LogP contribution in [0.25, 0.3) is 0 Å². The van der Waals surface area contributed by atoms with E-state index >= 15 is 0 Å². The van der Waals surface area contributed by atoms with Gasteiger partial charge in [0.1, 0.15) is 5.60 Å². The molecule has 1 unspecified atom stereocenters. The summed E-state index contributed by atoms with van der Waals surface area (Å²) in [5.74, 6) is 0. The van der Waals surface area contributed by atoms with E-state index < -0.39 is 0 Å². The molecule has 2 saturated heterocycles. The molecule has 2 spiro atoms. The maximum atomic E-state index is 6.38. The van der Waals surface area contributed by atoms with Gasteiger partial charge in [0.25, 0.3) is 0 Å². The molecule has 1 aromatic rings. The van der Waals surface area contributed by atoms with E-state index in [1.165, 1.54) is 54.6 Å². The first-order valence-corrected chi connectivity index (χ1v) is 7.92. The van der Waals surface area contributed by atoms with Crippen molar-refractivity contribution in [3.05, 3.63) is 35.4 Å². The van der Waals surface area contributed by atoms with Crippen molar-refractivity contribution < 1.29 is 30.9 Å². The summed E-state index contributed by atoms with van der Waals surface area (Å²) in [5, 5.41) is 0. The lowest BCUT2D eigenvalue weighted by Gasteiger charge is -2.45. The van der Waals surface area contributed by atoms with Crippen molar-refractivity contribution in [2.75, 3.05) is 33.3 Å². The molecule has 21 heavy (non-hydrogen) atoms. The molecule has 0 aromatic heterocycles. The first-order chi connectivity index (χ1) is 9.77. The topological polar surface area (TPSA) is 18.5 Å². The molecule has 0 aliphatic carbocycles. The predicted octanol–water partition coefficient (Wildman–Crippen LogP) is -0.0345. The molecule has 3 aliphatic heterocycles. The Labute approximate surface area is 137 Å². The van der Waals surface area contributed by atoms with Gasteiger partial charge in [0, 0.05) is 38.4 Å². The summed E-state index contributed by atoms with van der Waals surface area (Å²) >= 11 is 0. The van der Waals surface area contributed by atoms with Gasteiger partial charge in [0.05, 0.1) is 26.2 Å². The smallest absolute Gasteiger partial charge is 0.184 e. The number of methoxy groups -OCH3 is 1. The number of ether oxygens (including phenoxy) is 2. The van der Waals surface area contributed by atoms with Crippen molar-refractivity contribution >= 4 is 0 Å². The zero-order chi connectivity index (χ0) is 13.6. The van der Waals surface area contributed by atoms with Gasteiger partial charge in [0.15, 0.2) is 6.29 Å². The normalized spacial score (nSPS) is 28.5. The predicted molar refractivity (Wildman–Crippen MR) is 77.2 cm³/mol. The van der Waals surface area contributed by atoms with Gasteiger partial charge >= 0.3 is 0 Å². The standard InChI is InChI=1S/C17H24NO2.BrH/c1-19-16-14-6-2-3-7-15(14)17(20-16)8-12-18(13-9-17)10-4-5-11-18;/h2-3,6-7,16H,4-5,8-13H2,1H3;1H/q+1;/p-1. The Morgan fingerprint density at radius 2 is 1.76 bits per heavy atom. The van der Waals surface area contributed by atoms with Crippen molar-refractivity contribution in [3.63, 3.8) is 0 Å². The minimum Gasteiger partial charge on any atom is -1.00 e. The van der Waals surface area contributed by atoms with E-state index in [0.717, 1.165) is 12.8 Å². The van der Waals surface area contributed by atoms with Gasteiger partial charge in [0.2, 0.25) is 0 Å². The number of rotatable bonds is 1. The van der Waals surface area contributed by atoms with Crippen molar-refractivity contribution in [1.29, 1.82) is 0 Å². The number of halogens is 1. The monoisotopic (exact) mass is 353 g/mol. The number of benzene rings is 1. The van der Waals surface area contributed by atoms with Crippen LogP contribution in [-0.2, 0) is 15.1 Å². The molecule has 116 valence electrons. The van der Waals surface area contributed by atoms with Gasteiger partial charge in [-0.05, 0) is 5.56 Å². The summed E-state index contributed by atoms with van der Waals surface area (Å²) in [7, 11) is 1.75. The molecule has 3 heterocycles. The molecule has 0 radical (unpaired) electrons. The van der Waals surface area contributed by atoms with Gasteiger partial charge in [-0.1, -0.05) is 24.3 Å². The highest BCUT2D eigenvalue weighted by Gasteiger charge is 2.51. The molecular formula is C17H24BrNO2. The minimum atomic E-state index is -0.170. The lowest BCUT2D eigenvalue weighted by Crippen LogP contribution is -3.00. The summed E-state index contributed by atoms with van der Waals surface area (Å²) in [4.78, 5) is 0. The molecule has 4 heteroatoms. The molecule has 4 rings (SSSR count). The molecule has 3 nitrogen and oxygen atoms in total. The first-order valence-electron chi connectivity index (χ1n) is 7.92. The van der Waals surface area contributed by atoms with Crippen LogP contribution in [-0.4, -0.2) is 37.8 Å². The van der Waals surface area contributed by atoms with Gasteiger partial charge < -0.3 is 30.9 Å². The van der Waals surface area contributed by atoms with Crippen LogP contribution in [0.15, 0.2) is 24.3 Å². The summed E-state index contributed by atoms with van der Waals surface area (Å²) < 4.78 is 13.3. The second kappa shape index (κ2) is 5.65. The van der Waals surface area contributed by atoms with Crippen LogP contribution in [0.2, 0.25) is 0 Å². The summed E-state index contributed by atoms with van der Waals surface area (Å²) in [6, 6.07) is 8.63. The molecule has 0 amide bonds. The maximum Gasteiger partial charge on any atom is 0.184 e. The molecular weight excluding hydrogens is 330 g/mol. The third-order valence-electron chi connectivity index (χ3n) is 5.75. The Hall–Kier alpha value is -0.420. The summed E-state index contributed by atoms with van der Waals surface area (Å²) in [5.41, 5.74) is 2.54. The van der Waals surface area contributed by atoms with Gasteiger partial charge in [-0.2, -0.15) is 0 Å². The SMILES string of the molecule is COC1OC2(CC[N+]3(CCCC3)CC2)c2ccccc21.[Br-]. The fourth-order valence-corrected chi connectivity index (χ4v) is 4.54. The van der Waals surface area contributed by atoms with E-state index in [4.69, 9.17) is 9.47 Å². The van der Waals surface area contributed by atoms with Crippen LogP contribution in [0.5, 0.6) is 0 Å². The number of hydrogen-bond acceptors (Lipinski definition) is 2. The molecule has 0 bridgehead atoms. The summed E-state index contributed by atoms with van der Waals surface area (Å²) in [6.07, 6.45) is 4.93. The second-order valence-electron chi connectivity index (χ2n) is 6.71. The first kappa shape index (κ1) is 15.5. The highest BCUT2D eigenvalue weighted by atomic mass is 79.9. The molecule has 1 atom stereocenters. The number of fused-ring (bicyclic) bond motifs is 2. The van der Waals surface area contributed by atoms with Crippen molar-refractivity contribution in [1.82, 2.24) is 0 Å². The van der Waals surface area contributed by atoms with Crippen LogP contribution in [0, 0.1) is 0 Å². The Morgan fingerprint density at radius 1 is 1.10 bits per heavy atom. The fourth-order valence-electron chi connectivity index (χ4n) is 4.54. The number of hydrogen-bond donors (Lipinski definition) is 0. The highest BCUT2D eigenvalue weighted by molar-refractivity contribution is 5.37. The van der Waals surface area contributed by atoms with Crippen molar-refractivity contribution in [3.8, 4) is 0 Å².